The van der Waals surface area contributed by atoms with Gasteiger partial charge in [0, 0.05) is 30.3 Å². The fourth-order valence-electron chi connectivity index (χ4n) is 3.64. The van der Waals surface area contributed by atoms with E-state index < -0.39 is 5.24 Å². The predicted octanol–water partition coefficient (Wildman–Crippen LogP) is -1.36. The number of rotatable bonds is 10. The maximum atomic E-state index is 13.1. The number of carbonyl (C=O) groups is 2. The molecule has 0 saturated heterocycles. The minimum Gasteiger partial charge on any atom is -0.494 e. The highest BCUT2D eigenvalue weighted by Gasteiger charge is 2.30. The summed E-state index contributed by atoms with van der Waals surface area (Å²) in [6.45, 7) is 0.923. The number of nitrogens with zero attached hydrogens (tertiary/aromatic N) is 4. The number of ether oxygens (including phenoxy) is 1. The zero-order chi connectivity index (χ0) is 25.9. The molecule has 0 spiro atoms. The van der Waals surface area contributed by atoms with Crippen molar-refractivity contribution in [1.29, 1.82) is 0 Å². The number of anilines is 3. The van der Waals surface area contributed by atoms with Crippen LogP contribution in [0.25, 0.3) is 11.3 Å². The first kappa shape index (κ1) is 25.3. The van der Waals surface area contributed by atoms with Crippen molar-refractivity contribution in [2.24, 2.45) is 11.7 Å². The van der Waals surface area contributed by atoms with E-state index in [0.29, 0.717) is 47.3 Å². The first-order chi connectivity index (χ1) is 17.2. The number of benzene rings is 1. The van der Waals surface area contributed by atoms with Gasteiger partial charge in [-0.15, -0.1) is 0 Å². The first-order valence-electron chi connectivity index (χ1n) is 11.9. The highest BCUT2D eigenvalue weighted by atomic mass is 16.5. The molecule has 1 aliphatic rings. The Morgan fingerprint density at radius 3 is 2.67 bits per heavy atom. The van der Waals surface area contributed by atoms with Crippen LogP contribution in [0.5, 0.6) is 5.75 Å². The van der Waals surface area contributed by atoms with Gasteiger partial charge in [0.05, 0.1) is 36.8 Å². The predicted molar refractivity (Wildman–Crippen MR) is 146 cm³/mol. The molecular weight excluding hydrogens is 457 g/mol. The quantitative estimate of drug-likeness (QED) is 0.257. The molecule has 184 valence electrons. The molecule has 1 aromatic carbocycles. The topological polar surface area (TPSA) is 149 Å². The third-order valence-corrected chi connectivity index (χ3v) is 5.47. The van der Waals surface area contributed by atoms with Gasteiger partial charge in [-0.25, -0.2) is 4.98 Å². The zero-order valence-corrected chi connectivity index (χ0v) is 21.0. The van der Waals surface area contributed by atoms with Crippen LogP contribution in [-0.2, 0) is 11.3 Å². The molecule has 5 N–H and O–H groups in total. The number of nitrogens with one attached hydrogen (secondary N) is 3. The van der Waals surface area contributed by atoms with Crippen molar-refractivity contribution >= 4 is 52.5 Å². The highest BCUT2D eigenvalue weighted by molar-refractivity contribution is 6.60. The molecule has 1 saturated carbocycles. The number of aromatic nitrogens is 4. The zero-order valence-electron chi connectivity index (χ0n) is 21.0. The number of amides is 2. The second kappa shape index (κ2) is 10.4. The van der Waals surface area contributed by atoms with Gasteiger partial charge < -0.3 is 26.4 Å². The summed E-state index contributed by atoms with van der Waals surface area (Å²) in [6, 6.07) is 7.22. The number of hydrogen-bond acceptors (Lipinski definition) is 8. The molecule has 14 heteroatoms. The van der Waals surface area contributed by atoms with Crippen LogP contribution in [0.3, 0.4) is 0 Å². The third kappa shape index (κ3) is 6.06. The minimum absolute atomic E-state index is 0.0246. The molecule has 0 radical (unpaired) electrons. The van der Waals surface area contributed by atoms with E-state index in [2.05, 4.69) is 31.1 Å². The van der Waals surface area contributed by atoms with Crippen LogP contribution in [0.1, 0.15) is 23.2 Å². The number of hydrogen-bond donors (Lipinski definition) is 4. The number of methoxy groups -OCH3 is 1. The molecule has 4 rings (SSSR count). The van der Waals surface area contributed by atoms with Crippen LogP contribution in [-0.4, -0.2) is 74.2 Å². The molecular formula is C22H29B3N8O3. The van der Waals surface area contributed by atoms with Crippen molar-refractivity contribution in [3.8, 4) is 17.0 Å². The molecule has 36 heavy (non-hydrogen) atoms. The molecule has 2 amide bonds. The van der Waals surface area contributed by atoms with Crippen molar-refractivity contribution in [3.63, 3.8) is 0 Å². The minimum atomic E-state index is -0.444. The van der Waals surface area contributed by atoms with Crippen molar-refractivity contribution in [2.45, 2.75) is 24.6 Å². The fraction of sp³-hybridized carbons (Fsp3) is 0.318. The summed E-state index contributed by atoms with van der Waals surface area (Å²) in [4.78, 5) is 31.2. The number of carbonyl (C=O) groups excluding carboxylic acids is 2. The molecule has 2 aromatic heterocycles. The summed E-state index contributed by atoms with van der Waals surface area (Å²) < 4.78 is 5.74. The van der Waals surface area contributed by atoms with Gasteiger partial charge in [0.25, 0.3) is 5.91 Å². The van der Waals surface area contributed by atoms with Crippen LogP contribution in [0.4, 0.5) is 17.2 Å². The molecule has 2 heterocycles. The van der Waals surface area contributed by atoms with E-state index in [9.17, 15) is 9.59 Å². The lowest BCUT2D eigenvalue weighted by atomic mass is 9.49. The largest absolute Gasteiger partial charge is 0.494 e. The van der Waals surface area contributed by atoms with E-state index in [1.54, 1.807) is 19.4 Å². The molecule has 0 aliphatic heterocycles. The summed E-state index contributed by atoms with van der Waals surface area (Å²) in [5, 5.41) is 17.4. The molecule has 0 unspecified atom stereocenters. The van der Waals surface area contributed by atoms with E-state index >= 15 is 0 Å². The van der Waals surface area contributed by atoms with Crippen LogP contribution >= 0.6 is 0 Å². The van der Waals surface area contributed by atoms with Gasteiger partial charge in [-0.3, -0.25) is 9.59 Å². The van der Waals surface area contributed by atoms with E-state index in [1.165, 1.54) is 11.0 Å². The van der Waals surface area contributed by atoms with Gasteiger partial charge in [0.1, 0.15) is 35.1 Å². The lowest BCUT2D eigenvalue weighted by molar-refractivity contribution is -0.117. The summed E-state index contributed by atoms with van der Waals surface area (Å²) in [7, 11) is 7.27. The van der Waals surface area contributed by atoms with E-state index in [1.807, 2.05) is 41.7 Å². The van der Waals surface area contributed by atoms with Crippen molar-refractivity contribution in [1.82, 2.24) is 25.3 Å². The maximum absolute atomic E-state index is 13.1. The molecule has 0 atom stereocenters. The van der Waals surface area contributed by atoms with E-state index in [-0.39, 0.29) is 17.7 Å². The van der Waals surface area contributed by atoms with E-state index in [0.717, 1.165) is 18.4 Å². The number of pyridine rings is 1. The van der Waals surface area contributed by atoms with Gasteiger partial charge in [-0.2, -0.15) is 15.0 Å². The second-order valence-electron chi connectivity index (χ2n) is 9.71. The first-order valence-corrected chi connectivity index (χ1v) is 11.9. The molecule has 1 fully saturated rings. The van der Waals surface area contributed by atoms with Gasteiger partial charge >= 0.3 is 0 Å². The Kier molecular flexibility index (Phi) is 7.34. The standard InChI is InChI=1S/C22H29B3N8O3/c1-36-19-13(17-11-28-33(32-17)8-7-26)3-2-4-15(19)29-16-9-18(30-20(34)12-5-6-12)27-10-14(16)21(35)31-22(23,24)25/h2-4,9-12H,5-8,23-26H2,1H3,(H,31,35)(H2,27,29,30,34). The number of para-hydroxylation sites is 1. The van der Waals surface area contributed by atoms with Crippen molar-refractivity contribution in [2.75, 3.05) is 24.3 Å². The summed E-state index contributed by atoms with van der Waals surface area (Å²) in [6.07, 6.45) is 4.86. The Morgan fingerprint density at radius 2 is 2.00 bits per heavy atom. The monoisotopic (exact) mass is 486 g/mol. The Bertz CT molecular complexity index is 1270. The van der Waals surface area contributed by atoms with Crippen LogP contribution < -0.4 is 26.4 Å². The smallest absolute Gasteiger partial charge is 0.253 e. The summed E-state index contributed by atoms with van der Waals surface area (Å²) >= 11 is 0. The van der Waals surface area contributed by atoms with Crippen LogP contribution in [0, 0.1) is 5.92 Å². The second-order valence-corrected chi connectivity index (χ2v) is 9.71. The molecule has 0 bridgehead atoms. The van der Waals surface area contributed by atoms with Gasteiger partial charge in [0.2, 0.25) is 5.91 Å². The van der Waals surface area contributed by atoms with Crippen LogP contribution in [0.15, 0.2) is 36.7 Å². The Hall–Kier alpha value is -3.80. The Morgan fingerprint density at radius 1 is 1.22 bits per heavy atom. The van der Waals surface area contributed by atoms with Gasteiger partial charge in [-0.05, 0) is 30.2 Å². The Labute approximate surface area is 212 Å². The lowest BCUT2D eigenvalue weighted by Crippen LogP contribution is -2.50. The molecule has 11 nitrogen and oxygen atoms in total. The molecule has 3 aromatic rings. The Balaban J connectivity index is 1.70. The van der Waals surface area contributed by atoms with Crippen molar-refractivity contribution < 1.29 is 14.3 Å². The average Bonchev–Trinajstić information content (AvgIpc) is 3.57. The molecule has 1 aliphatic carbocycles. The lowest BCUT2D eigenvalue weighted by Gasteiger charge is -2.22. The highest BCUT2D eigenvalue weighted by Crippen LogP contribution is 2.38. The summed E-state index contributed by atoms with van der Waals surface area (Å²) in [5.74, 6) is 0.552. The van der Waals surface area contributed by atoms with Gasteiger partial charge in [-0.1, -0.05) is 6.07 Å². The van der Waals surface area contributed by atoms with E-state index in [4.69, 9.17) is 10.5 Å². The third-order valence-electron chi connectivity index (χ3n) is 5.47. The maximum Gasteiger partial charge on any atom is 0.253 e. The average molecular weight is 486 g/mol. The van der Waals surface area contributed by atoms with Gasteiger partial charge in [0.15, 0.2) is 5.75 Å². The van der Waals surface area contributed by atoms with Crippen LogP contribution in [0.2, 0.25) is 0 Å². The summed E-state index contributed by atoms with van der Waals surface area (Å²) in [5.41, 5.74) is 8.38. The normalized spacial score (nSPS) is 13.2. The fourth-order valence-corrected chi connectivity index (χ4v) is 3.64. The SMILES string of the molecule is BC(B)(B)NC(=O)c1cnc(NC(=O)C2CC2)cc1Nc1cccc(-c2cnn(CCN)n2)c1OC. The van der Waals surface area contributed by atoms with Crippen molar-refractivity contribution in [3.05, 3.63) is 42.2 Å². The number of nitrogens with two attached hydrogens (primary N) is 1.